The van der Waals surface area contributed by atoms with Crippen LogP contribution in [0.2, 0.25) is 0 Å². The first-order chi connectivity index (χ1) is 8.20. The third-order valence-electron chi connectivity index (χ3n) is 2.75. The average molecular weight is 255 g/mol. The molecule has 0 aromatic rings. The normalized spacial score (nSPS) is 21.1. The van der Waals surface area contributed by atoms with E-state index < -0.39 is 11.5 Å². The fraction of sp³-hybridized carbons (Fsp3) is 0.750. The molecule has 0 radical (unpaired) electrons. The number of rotatable bonds is 3. The second kappa shape index (κ2) is 5.37. The Kier molecular flexibility index (Phi) is 4.32. The molecule has 3 N–H and O–H groups in total. The van der Waals surface area contributed by atoms with Gasteiger partial charge >= 0.3 is 0 Å². The van der Waals surface area contributed by atoms with E-state index in [1.807, 2.05) is 0 Å². The van der Waals surface area contributed by atoms with Crippen LogP contribution in [0.1, 0.15) is 34.1 Å². The predicted octanol–water partition coefficient (Wildman–Crippen LogP) is -0.458. The van der Waals surface area contributed by atoms with Crippen LogP contribution in [0.5, 0.6) is 0 Å². The van der Waals surface area contributed by atoms with E-state index in [2.05, 4.69) is 16.0 Å². The van der Waals surface area contributed by atoms with Crippen LogP contribution in [0.25, 0.3) is 0 Å². The largest absolute Gasteiger partial charge is 0.354 e. The summed E-state index contributed by atoms with van der Waals surface area (Å²) in [5.41, 5.74) is -0.528. The number of carbonyl (C=O) groups excluding carboxylic acids is 3. The molecule has 3 amide bonds. The van der Waals surface area contributed by atoms with Gasteiger partial charge in [0.05, 0.1) is 6.04 Å². The van der Waals surface area contributed by atoms with Gasteiger partial charge in [-0.2, -0.15) is 0 Å². The van der Waals surface area contributed by atoms with Gasteiger partial charge in [0.15, 0.2) is 0 Å². The van der Waals surface area contributed by atoms with Crippen LogP contribution >= 0.6 is 0 Å². The number of nitrogens with one attached hydrogen (secondary N) is 3. The van der Waals surface area contributed by atoms with Crippen molar-refractivity contribution in [3.05, 3.63) is 0 Å². The van der Waals surface area contributed by atoms with Crippen LogP contribution in [0.15, 0.2) is 0 Å². The zero-order chi connectivity index (χ0) is 13.9. The minimum absolute atomic E-state index is 0.0633. The molecule has 1 fully saturated rings. The molecular formula is C12H21N3O3. The number of amides is 3. The molecule has 0 saturated carbocycles. The Bertz CT molecular complexity index is 360. The summed E-state index contributed by atoms with van der Waals surface area (Å²) >= 11 is 0. The van der Waals surface area contributed by atoms with Crippen LogP contribution in [0, 0.1) is 5.41 Å². The molecule has 2 atom stereocenters. The lowest BCUT2D eigenvalue weighted by atomic mass is 9.95. The summed E-state index contributed by atoms with van der Waals surface area (Å²) in [6, 6.07) is -0.786. The van der Waals surface area contributed by atoms with Crippen molar-refractivity contribution in [2.75, 3.05) is 6.54 Å². The molecule has 0 bridgehead atoms. The van der Waals surface area contributed by atoms with Crippen molar-refractivity contribution in [2.45, 2.75) is 46.2 Å². The second-order valence-electron chi connectivity index (χ2n) is 5.66. The standard InChI is InChI=1S/C12H21N3O3/c1-7(14-11(18)12(2,3)4)10(17)15-8-5-9(16)13-6-8/h7-8H,5-6H2,1-4H3,(H,13,16)(H,14,18)(H,15,17)/t7-,8-/m0/s1. The highest BCUT2D eigenvalue weighted by atomic mass is 16.2. The highest BCUT2D eigenvalue weighted by molar-refractivity contribution is 5.90. The lowest BCUT2D eigenvalue weighted by Gasteiger charge is -2.22. The molecule has 6 nitrogen and oxygen atoms in total. The molecule has 0 unspecified atom stereocenters. The van der Waals surface area contributed by atoms with Gasteiger partial charge < -0.3 is 16.0 Å². The number of hydrogen-bond donors (Lipinski definition) is 3. The smallest absolute Gasteiger partial charge is 0.242 e. The van der Waals surface area contributed by atoms with E-state index >= 15 is 0 Å². The van der Waals surface area contributed by atoms with Gasteiger partial charge in [0.2, 0.25) is 17.7 Å². The molecule has 1 heterocycles. The van der Waals surface area contributed by atoms with Gasteiger partial charge in [-0.05, 0) is 6.92 Å². The lowest BCUT2D eigenvalue weighted by molar-refractivity contribution is -0.133. The van der Waals surface area contributed by atoms with Crippen LogP contribution in [-0.4, -0.2) is 36.3 Å². The Morgan fingerprint density at radius 1 is 1.39 bits per heavy atom. The van der Waals surface area contributed by atoms with Gasteiger partial charge in [-0.25, -0.2) is 0 Å². The SMILES string of the molecule is C[C@H](NC(=O)C(C)(C)C)C(=O)N[C@@H]1CNC(=O)C1. The van der Waals surface area contributed by atoms with E-state index in [0.717, 1.165) is 0 Å². The fourth-order valence-electron chi connectivity index (χ4n) is 1.51. The van der Waals surface area contributed by atoms with Crippen molar-refractivity contribution in [3.63, 3.8) is 0 Å². The van der Waals surface area contributed by atoms with Crippen LogP contribution in [0.4, 0.5) is 0 Å². The topological polar surface area (TPSA) is 87.3 Å². The van der Waals surface area contributed by atoms with E-state index in [9.17, 15) is 14.4 Å². The molecular weight excluding hydrogens is 234 g/mol. The molecule has 1 aliphatic heterocycles. The molecule has 102 valence electrons. The van der Waals surface area contributed by atoms with Crippen molar-refractivity contribution in [1.29, 1.82) is 0 Å². The number of hydrogen-bond acceptors (Lipinski definition) is 3. The molecule has 1 aliphatic rings. The maximum absolute atomic E-state index is 11.8. The molecule has 6 heteroatoms. The van der Waals surface area contributed by atoms with E-state index in [1.165, 1.54) is 0 Å². The third-order valence-corrected chi connectivity index (χ3v) is 2.75. The molecule has 1 rings (SSSR count). The van der Waals surface area contributed by atoms with E-state index in [1.54, 1.807) is 27.7 Å². The van der Waals surface area contributed by atoms with Gasteiger partial charge in [-0.15, -0.1) is 0 Å². The molecule has 0 spiro atoms. The minimum atomic E-state index is -0.604. The van der Waals surface area contributed by atoms with Gasteiger partial charge in [0, 0.05) is 18.4 Å². The Hall–Kier alpha value is -1.59. The van der Waals surface area contributed by atoms with Gasteiger partial charge in [0.1, 0.15) is 6.04 Å². The van der Waals surface area contributed by atoms with Crippen molar-refractivity contribution in [2.24, 2.45) is 5.41 Å². The highest BCUT2D eigenvalue weighted by Gasteiger charge is 2.28. The Morgan fingerprint density at radius 3 is 2.44 bits per heavy atom. The Balaban J connectivity index is 2.42. The van der Waals surface area contributed by atoms with E-state index in [0.29, 0.717) is 13.0 Å². The highest BCUT2D eigenvalue weighted by Crippen LogP contribution is 2.12. The zero-order valence-corrected chi connectivity index (χ0v) is 11.3. The summed E-state index contributed by atoms with van der Waals surface area (Å²) < 4.78 is 0. The summed E-state index contributed by atoms with van der Waals surface area (Å²) in [6.45, 7) is 7.43. The Morgan fingerprint density at radius 2 is 2.00 bits per heavy atom. The summed E-state index contributed by atoms with van der Waals surface area (Å²) in [7, 11) is 0. The maximum atomic E-state index is 11.8. The van der Waals surface area contributed by atoms with Crippen molar-refractivity contribution < 1.29 is 14.4 Å². The zero-order valence-electron chi connectivity index (χ0n) is 11.3. The molecule has 1 saturated heterocycles. The lowest BCUT2D eigenvalue weighted by Crippen LogP contribution is -2.50. The van der Waals surface area contributed by atoms with Crippen LogP contribution < -0.4 is 16.0 Å². The minimum Gasteiger partial charge on any atom is -0.354 e. The summed E-state index contributed by atoms with van der Waals surface area (Å²) in [5.74, 6) is -0.508. The summed E-state index contributed by atoms with van der Waals surface area (Å²) in [6.07, 6.45) is 0.297. The summed E-state index contributed by atoms with van der Waals surface area (Å²) in [5, 5.41) is 8.02. The third kappa shape index (κ3) is 4.01. The predicted molar refractivity (Wildman–Crippen MR) is 66.6 cm³/mol. The molecule has 0 aromatic carbocycles. The van der Waals surface area contributed by atoms with Gasteiger partial charge in [0.25, 0.3) is 0 Å². The van der Waals surface area contributed by atoms with Crippen molar-refractivity contribution in [1.82, 2.24) is 16.0 Å². The van der Waals surface area contributed by atoms with Crippen LogP contribution in [0.3, 0.4) is 0 Å². The monoisotopic (exact) mass is 255 g/mol. The molecule has 0 aromatic heterocycles. The van der Waals surface area contributed by atoms with Crippen molar-refractivity contribution in [3.8, 4) is 0 Å². The quantitative estimate of drug-likeness (QED) is 0.638. The number of carbonyl (C=O) groups is 3. The first-order valence-corrected chi connectivity index (χ1v) is 6.08. The first kappa shape index (κ1) is 14.5. The average Bonchev–Trinajstić information content (AvgIpc) is 2.62. The van der Waals surface area contributed by atoms with Crippen LogP contribution in [-0.2, 0) is 14.4 Å². The van der Waals surface area contributed by atoms with E-state index in [4.69, 9.17) is 0 Å². The van der Waals surface area contributed by atoms with Gasteiger partial charge in [-0.1, -0.05) is 20.8 Å². The maximum Gasteiger partial charge on any atom is 0.242 e. The van der Waals surface area contributed by atoms with Gasteiger partial charge in [-0.3, -0.25) is 14.4 Å². The molecule has 0 aliphatic carbocycles. The van der Waals surface area contributed by atoms with Crippen molar-refractivity contribution >= 4 is 17.7 Å². The van der Waals surface area contributed by atoms with E-state index in [-0.39, 0.29) is 23.8 Å². The Labute approximate surface area is 107 Å². The first-order valence-electron chi connectivity index (χ1n) is 6.08. The fourth-order valence-corrected chi connectivity index (χ4v) is 1.51. The summed E-state index contributed by atoms with van der Waals surface area (Å²) in [4.78, 5) is 34.5. The second-order valence-corrected chi connectivity index (χ2v) is 5.66. The molecule has 18 heavy (non-hydrogen) atoms.